The molecule has 846 valence electrons. The Hall–Kier alpha value is -10.5. The molecule has 0 saturated carbocycles. The summed E-state index contributed by atoms with van der Waals surface area (Å²) in [6.07, 6.45) is 2.54. The lowest BCUT2D eigenvalue weighted by molar-refractivity contribution is -0.156. The van der Waals surface area contributed by atoms with E-state index in [-0.39, 0.29) is 131 Å². The van der Waals surface area contributed by atoms with E-state index < -0.39 is 207 Å². The van der Waals surface area contributed by atoms with Crippen LogP contribution in [0.25, 0.3) is 0 Å². The maximum atomic E-state index is 14.5. The number of hydrogen-bond donors (Lipinski definition) is 12. The van der Waals surface area contributed by atoms with Crippen molar-refractivity contribution in [2.75, 3.05) is 331 Å². The number of rotatable bonds is 97. The number of carbonyl (C=O) groups excluding carboxylic acids is 18. The van der Waals surface area contributed by atoms with Crippen LogP contribution in [0.5, 0.6) is 0 Å². The Labute approximate surface area is 863 Å². The average Bonchev–Trinajstić information content (AvgIpc) is 1.61. The van der Waals surface area contributed by atoms with Gasteiger partial charge in [-0.1, -0.05) is 0 Å². The highest BCUT2D eigenvalue weighted by molar-refractivity contribution is 6.19. The van der Waals surface area contributed by atoms with Crippen molar-refractivity contribution in [2.45, 2.75) is 141 Å². The van der Waals surface area contributed by atoms with Crippen molar-refractivity contribution in [1.29, 1.82) is 0 Å². The summed E-state index contributed by atoms with van der Waals surface area (Å²) in [4.78, 5) is 238. The molecule has 2 rings (SSSR count). The molecule has 0 radical (unpaired) electrons. The zero-order valence-electron chi connectivity index (χ0n) is 86.9. The number of ether oxygens (including phenoxy) is 22. The zero-order valence-corrected chi connectivity index (χ0v) is 86.9. The molecule has 12 N–H and O–H groups in total. The van der Waals surface area contributed by atoms with Crippen LogP contribution in [0.4, 0.5) is 0 Å². The fourth-order valence-corrected chi connectivity index (χ4v) is 12.3. The summed E-state index contributed by atoms with van der Waals surface area (Å²) in [5.41, 5.74) is -1.66. The highest BCUT2D eigenvalue weighted by Crippen LogP contribution is 2.22. The van der Waals surface area contributed by atoms with Crippen LogP contribution >= 0.6 is 0 Å². The lowest BCUT2D eigenvalue weighted by Gasteiger charge is -2.35. The average molecular weight is 2130 g/mol. The molecular weight excluding hydrogens is 1970 g/mol. The second-order valence-corrected chi connectivity index (χ2v) is 34.0. The van der Waals surface area contributed by atoms with Crippen LogP contribution in [0, 0.1) is 0 Å². The van der Waals surface area contributed by atoms with Crippen LogP contribution in [-0.4, -0.2) is 482 Å². The van der Waals surface area contributed by atoms with Gasteiger partial charge >= 0.3 is 11.9 Å². The fraction of sp³-hybridized carbons (Fsp3) is 0.766. The Bertz CT molecular complexity index is 3600. The molecule has 0 bridgehead atoms. The number of methoxy groups -OCH3 is 2. The van der Waals surface area contributed by atoms with Crippen molar-refractivity contribution in [3.05, 3.63) is 24.3 Å². The molecule has 0 unspecified atom stereocenters. The summed E-state index contributed by atoms with van der Waals surface area (Å²) >= 11 is 0. The van der Waals surface area contributed by atoms with E-state index in [0.29, 0.717) is 195 Å². The van der Waals surface area contributed by atoms with Gasteiger partial charge < -0.3 is 168 Å². The number of nitrogens with zero attached hydrogens (tertiary/aromatic N) is 2. The lowest BCUT2D eigenvalue weighted by Crippen LogP contribution is -2.66. The van der Waals surface area contributed by atoms with Crippen molar-refractivity contribution in [3.8, 4) is 0 Å². The number of nitrogens with one attached hydrogen (secondary N) is 12. The van der Waals surface area contributed by atoms with Gasteiger partial charge in [0.05, 0.1) is 264 Å². The van der Waals surface area contributed by atoms with Gasteiger partial charge in [0.1, 0.15) is 61.7 Å². The SMILES string of the molecule is COCCOCCOCCOCCOCCOCCOCCOCCOCCOCC(=O)NCCCC[C@H](NC(=O)CCCNC(=O)[C@H]([C@@H](C(=O)NCCCC(=O)N[C@@H](CCCCNC(=O)COCCOCCOCCOCCOCCOCCOCCOCCOCCOC)C(=O)NCC(=O)NCC(=O)NCC(=O)OC(C)(C)C)N1C(=O)C=CC1=O)N1C(=O)C=CC1=O)C(=O)NCC(=O)NCC(=O)NCC(=O)OC(C)(C)C. The van der Waals surface area contributed by atoms with Crippen LogP contribution in [0.1, 0.15) is 106 Å². The fourth-order valence-electron chi connectivity index (χ4n) is 12.3. The largest absolute Gasteiger partial charge is 0.459 e. The number of esters is 2. The molecule has 4 atom stereocenters. The van der Waals surface area contributed by atoms with Crippen molar-refractivity contribution in [1.82, 2.24) is 73.6 Å². The minimum Gasteiger partial charge on any atom is -0.459 e. The van der Waals surface area contributed by atoms with E-state index in [1.54, 1.807) is 55.8 Å². The number of hydrogen-bond acceptors (Lipinski definition) is 40. The second kappa shape index (κ2) is 87.3. The predicted octanol–water partition coefficient (Wildman–Crippen LogP) is -6.12. The Morgan fingerprint density at radius 2 is 0.459 bits per heavy atom. The highest BCUT2D eigenvalue weighted by Gasteiger charge is 2.50. The normalized spacial score (nSPS) is 13.2. The van der Waals surface area contributed by atoms with Crippen LogP contribution in [0.15, 0.2) is 24.3 Å². The highest BCUT2D eigenvalue weighted by atomic mass is 16.6. The molecule has 148 heavy (non-hydrogen) atoms. The molecule has 16 amide bonds. The Balaban J connectivity index is 1.99. The standard InChI is InChI=1S/C94H160N14O40/c1-93(2,3)147-85(121)67-101-75(111)63-99-77(113)65-103-89(123)71(15-9-11-23-95-79(115)69-145-61-59-143-57-55-141-53-51-139-49-47-137-45-43-135-41-39-133-37-35-131-33-31-129-29-27-127-7)105-73(109)17-13-25-97-91(125)87(107-81(117)19-20-82(107)118)88(108-83(119)21-22-84(108)120)92(126)98-26-14-18-74(110)106-72(90(124)104-66-78(114)100-64-76(112)102-68-86(122)148-94(4,5)6)16-10-12-24-96-80(116)70-146-62-60-144-58-56-142-54-52-140-50-48-138-46-44-136-42-40-134-38-36-132-34-32-130-30-28-128-8/h19-22,71-72,87-88H,9-18,23-70H2,1-8H3,(H,95,115)(H,96,116)(H,97,125)(H,98,126)(H,99,113)(H,100,114)(H,101,111)(H,102,112)(H,103,123)(H,104,124)(H,105,109)(H,106,110)/t71-,72-,87-,88-/m0/s1. The van der Waals surface area contributed by atoms with Gasteiger partial charge in [0.2, 0.25) is 70.9 Å². The monoisotopic (exact) mass is 2130 g/mol. The topological polar surface area (TPSA) is 661 Å². The molecule has 0 aromatic rings. The quantitative estimate of drug-likeness (QED) is 0.0153. The zero-order chi connectivity index (χ0) is 109. The van der Waals surface area contributed by atoms with E-state index in [4.69, 9.17) is 104 Å². The molecule has 0 spiro atoms. The summed E-state index contributed by atoms with van der Waals surface area (Å²) in [5.74, 6) is -15.9. The van der Waals surface area contributed by atoms with Gasteiger partial charge in [0.15, 0.2) is 0 Å². The van der Waals surface area contributed by atoms with Crippen LogP contribution in [-0.2, 0) is 191 Å². The van der Waals surface area contributed by atoms with Gasteiger partial charge in [-0.25, -0.2) is 0 Å². The van der Waals surface area contributed by atoms with Gasteiger partial charge in [-0.2, -0.15) is 0 Å². The molecule has 2 heterocycles. The molecule has 0 aromatic carbocycles. The molecule has 54 nitrogen and oxygen atoms in total. The van der Waals surface area contributed by atoms with Gasteiger partial charge in [0.25, 0.3) is 23.6 Å². The second-order valence-electron chi connectivity index (χ2n) is 34.0. The molecule has 2 aliphatic rings. The molecular formula is C94H160N14O40. The Kier molecular flexibility index (Phi) is 78.8. The molecule has 0 aliphatic carbocycles. The van der Waals surface area contributed by atoms with E-state index in [1.165, 1.54) is 0 Å². The van der Waals surface area contributed by atoms with Gasteiger partial charge in [-0.3, -0.25) is 96.1 Å². The van der Waals surface area contributed by atoms with Crippen LogP contribution in [0.2, 0.25) is 0 Å². The summed E-state index contributed by atoms with van der Waals surface area (Å²) in [5, 5.41) is 29.4. The molecule has 0 aromatic heterocycles. The van der Waals surface area contributed by atoms with Crippen molar-refractivity contribution in [2.24, 2.45) is 0 Å². The summed E-state index contributed by atoms with van der Waals surface area (Å²) < 4.78 is 118. The summed E-state index contributed by atoms with van der Waals surface area (Å²) in [6, 6.07) is -7.22. The Morgan fingerprint density at radius 1 is 0.243 bits per heavy atom. The molecule has 2 aliphatic heterocycles. The lowest BCUT2D eigenvalue weighted by atomic mass is 10.0. The minimum absolute atomic E-state index is 0.0634. The molecule has 0 saturated heterocycles. The van der Waals surface area contributed by atoms with E-state index in [2.05, 4.69) is 63.8 Å². The minimum atomic E-state index is -2.28. The first kappa shape index (κ1) is 134. The van der Waals surface area contributed by atoms with E-state index in [9.17, 15) is 86.3 Å². The molecule has 54 heteroatoms. The molecule has 0 fully saturated rings. The summed E-state index contributed by atoms with van der Waals surface area (Å²) in [6.45, 7) is 18.6. The first-order valence-electron chi connectivity index (χ1n) is 49.5. The Morgan fingerprint density at radius 3 is 0.696 bits per heavy atom. The van der Waals surface area contributed by atoms with Crippen LogP contribution < -0.4 is 63.8 Å². The third kappa shape index (κ3) is 74.4. The number of amides is 16. The van der Waals surface area contributed by atoms with E-state index in [0.717, 1.165) is 24.3 Å². The van der Waals surface area contributed by atoms with E-state index >= 15 is 0 Å². The van der Waals surface area contributed by atoms with Gasteiger partial charge in [-0.05, 0) is 92.9 Å². The smallest absolute Gasteiger partial charge is 0.325 e. The number of carbonyl (C=O) groups is 18. The number of unbranched alkanes of at least 4 members (excludes halogenated alkanes) is 2. The van der Waals surface area contributed by atoms with Crippen molar-refractivity contribution < 1.29 is 191 Å². The van der Waals surface area contributed by atoms with Crippen molar-refractivity contribution in [3.63, 3.8) is 0 Å². The van der Waals surface area contributed by atoms with Crippen LogP contribution in [0.3, 0.4) is 0 Å². The van der Waals surface area contributed by atoms with Gasteiger partial charge in [-0.15, -0.1) is 0 Å². The number of imide groups is 2. The predicted molar refractivity (Wildman–Crippen MR) is 520 cm³/mol. The first-order chi connectivity index (χ1) is 71.2. The third-order valence-electron chi connectivity index (χ3n) is 19.3. The van der Waals surface area contributed by atoms with Gasteiger partial charge in [0, 0.05) is 77.5 Å². The maximum Gasteiger partial charge on any atom is 0.325 e. The van der Waals surface area contributed by atoms with Crippen molar-refractivity contribution >= 4 is 106 Å². The first-order valence-corrected chi connectivity index (χ1v) is 49.5. The summed E-state index contributed by atoms with van der Waals surface area (Å²) in [7, 11) is 3.22. The maximum absolute atomic E-state index is 14.5. The van der Waals surface area contributed by atoms with E-state index in [1.807, 2.05) is 0 Å². The third-order valence-corrected chi connectivity index (χ3v) is 19.3.